The van der Waals surface area contributed by atoms with Crippen molar-refractivity contribution in [3.05, 3.63) is 35.6 Å². The fourth-order valence-corrected chi connectivity index (χ4v) is 4.02. The van der Waals surface area contributed by atoms with Crippen LogP contribution in [-0.4, -0.2) is 59.9 Å². The lowest BCUT2D eigenvalue weighted by molar-refractivity contribution is -0.158. The lowest BCUT2D eigenvalue weighted by Crippen LogP contribution is -2.52. The van der Waals surface area contributed by atoms with E-state index in [-0.39, 0.29) is 29.5 Å². The number of ether oxygens (including phenoxy) is 1. The minimum atomic E-state index is -0.486. The molecule has 0 bridgehead atoms. The molecule has 3 rings (SSSR count). The van der Waals surface area contributed by atoms with Gasteiger partial charge in [0, 0.05) is 31.1 Å². The zero-order valence-corrected chi connectivity index (χ0v) is 16.2. The van der Waals surface area contributed by atoms with Gasteiger partial charge in [-0.05, 0) is 63.3 Å². The Morgan fingerprint density at radius 2 is 1.71 bits per heavy atom. The maximum absolute atomic E-state index is 13.0. The Kier molecular flexibility index (Phi) is 6.65. The summed E-state index contributed by atoms with van der Waals surface area (Å²) in [7, 11) is 0. The molecule has 0 aromatic heterocycles. The fraction of sp³-hybridized carbons (Fsp3) is 0.571. The molecule has 0 spiro atoms. The first-order valence-electron chi connectivity index (χ1n) is 10.0. The van der Waals surface area contributed by atoms with Crippen LogP contribution in [0.15, 0.2) is 24.3 Å². The van der Waals surface area contributed by atoms with Crippen LogP contribution in [0.1, 0.15) is 49.4 Å². The average Bonchev–Trinajstić information content (AvgIpc) is 2.73. The van der Waals surface area contributed by atoms with Crippen LogP contribution in [0.4, 0.5) is 4.39 Å². The van der Waals surface area contributed by atoms with Crippen molar-refractivity contribution < 1.29 is 23.5 Å². The van der Waals surface area contributed by atoms with E-state index >= 15 is 0 Å². The van der Waals surface area contributed by atoms with Crippen LogP contribution in [0.3, 0.4) is 0 Å². The predicted molar refractivity (Wildman–Crippen MR) is 101 cm³/mol. The molecule has 0 radical (unpaired) electrons. The van der Waals surface area contributed by atoms with Gasteiger partial charge in [0.15, 0.2) is 0 Å². The third-order valence-electron chi connectivity index (χ3n) is 5.57. The van der Waals surface area contributed by atoms with Gasteiger partial charge in [-0.3, -0.25) is 9.59 Å². The van der Waals surface area contributed by atoms with Gasteiger partial charge in [0.1, 0.15) is 11.9 Å². The van der Waals surface area contributed by atoms with Gasteiger partial charge < -0.3 is 14.5 Å². The summed E-state index contributed by atoms with van der Waals surface area (Å²) < 4.78 is 18.2. The first kappa shape index (κ1) is 20.3. The van der Waals surface area contributed by atoms with Crippen molar-refractivity contribution in [2.24, 2.45) is 5.92 Å². The maximum atomic E-state index is 13.0. The van der Waals surface area contributed by atoms with E-state index in [0.717, 1.165) is 12.8 Å². The fourth-order valence-electron chi connectivity index (χ4n) is 4.02. The Bertz CT molecular complexity index is 714. The number of rotatable bonds is 4. The molecule has 2 amide bonds. The molecule has 2 fully saturated rings. The molecule has 1 aromatic carbocycles. The van der Waals surface area contributed by atoms with Gasteiger partial charge in [-0.1, -0.05) is 0 Å². The molecule has 1 aromatic rings. The van der Waals surface area contributed by atoms with E-state index in [9.17, 15) is 18.8 Å². The molecule has 2 saturated heterocycles. The topological polar surface area (TPSA) is 66.9 Å². The zero-order chi connectivity index (χ0) is 20.1. The van der Waals surface area contributed by atoms with E-state index in [1.807, 2.05) is 0 Å². The van der Waals surface area contributed by atoms with Gasteiger partial charge >= 0.3 is 5.97 Å². The second-order valence-electron chi connectivity index (χ2n) is 7.37. The normalized spacial score (nSPS) is 20.7. The Balaban J connectivity index is 1.59. The molecule has 0 aliphatic carbocycles. The number of carbonyl (C=O) groups is 3. The Hall–Kier alpha value is -2.44. The van der Waals surface area contributed by atoms with Crippen LogP contribution in [0.2, 0.25) is 0 Å². The summed E-state index contributed by atoms with van der Waals surface area (Å²) in [5.74, 6) is -1.04. The average molecular weight is 390 g/mol. The first-order valence-corrected chi connectivity index (χ1v) is 10.0. The van der Waals surface area contributed by atoms with Crippen LogP contribution < -0.4 is 0 Å². The largest absolute Gasteiger partial charge is 0.464 e. The number of likely N-dealkylation sites (tertiary alicyclic amines) is 2. The van der Waals surface area contributed by atoms with E-state index < -0.39 is 6.04 Å². The highest BCUT2D eigenvalue weighted by Gasteiger charge is 2.37. The molecule has 1 unspecified atom stereocenters. The quantitative estimate of drug-likeness (QED) is 0.742. The molecule has 2 aliphatic rings. The molecule has 28 heavy (non-hydrogen) atoms. The third-order valence-corrected chi connectivity index (χ3v) is 5.57. The van der Waals surface area contributed by atoms with Gasteiger partial charge in [-0.2, -0.15) is 0 Å². The third kappa shape index (κ3) is 4.51. The highest BCUT2D eigenvalue weighted by atomic mass is 19.1. The monoisotopic (exact) mass is 390 g/mol. The molecule has 152 valence electrons. The summed E-state index contributed by atoms with van der Waals surface area (Å²) >= 11 is 0. The molecular weight excluding hydrogens is 363 g/mol. The predicted octanol–water partition coefficient (Wildman–Crippen LogP) is 2.62. The second kappa shape index (κ2) is 9.17. The molecule has 2 aliphatic heterocycles. The van der Waals surface area contributed by atoms with Crippen LogP contribution in [0, 0.1) is 11.7 Å². The summed E-state index contributed by atoms with van der Waals surface area (Å²) in [6, 6.07) is 5.02. The number of esters is 1. The van der Waals surface area contributed by atoms with E-state index in [2.05, 4.69) is 0 Å². The van der Waals surface area contributed by atoms with E-state index in [1.54, 1.807) is 16.7 Å². The van der Waals surface area contributed by atoms with Crippen molar-refractivity contribution in [3.63, 3.8) is 0 Å². The van der Waals surface area contributed by atoms with Gasteiger partial charge in [0.25, 0.3) is 5.91 Å². The number of hydrogen-bond donors (Lipinski definition) is 0. The summed E-state index contributed by atoms with van der Waals surface area (Å²) in [5, 5.41) is 0. The molecular formula is C21H27FN2O4. The highest BCUT2D eigenvalue weighted by Crippen LogP contribution is 2.26. The van der Waals surface area contributed by atoms with Crippen LogP contribution >= 0.6 is 0 Å². The second-order valence-corrected chi connectivity index (χ2v) is 7.37. The Morgan fingerprint density at radius 1 is 1.04 bits per heavy atom. The molecule has 7 heteroatoms. The van der Waals surface area contributed by atoms with Crippen LogP contribution in [-0.2, 0) is 14.3 Å². The van der Waals surface area contributed by atoms with Crippen molar-refractivity contribution in [3.8, 4) is 0 Å². The molecule has 0 saturated carbocycles. The van der Waals surface area contributed by atoms with E-state index in [4.69, 9.17) is 4.74 Å². The van der Waals surface area contributed by atoms with E-state index in [1.165, 1.54) is 24.3 Å². The highest BCUT2D eigenvalue weighted by molar-refractivity contribution is 5.94. The maximum Gasteiger partial charge on any atom is 0.328 e. The van der Waals surface area contributed by atoms with Crippen molar-refractivity contribution >= 4 is 17.8 Å². The first-order chi connectivity index (χ1) is 13.5. The van der Waals surface area contributed by atoms with E-state index in [0.29, 0.717) is 51.1 Å². The number of amides is 2. The molecule has 2 heterocycles. The van der Waals surface area contributed by atoms with Gasteiger partial charge in [-0.25, -0.2) is 9.18 Å². The minimum Gasteiger partial charge on any atom is -0.464 e. The number of piperidine rings is 2. The lowest BCUT2D eigenvalue weighted by atomic mass is 9.92. The van der Waals surface area contributed by atoms with Crippen molar-refractivity contribution in [2.75, 3.05) is 26.2 Å². The number of benzene rings is 1. The van der Waals surface area contributed by atoms with Crippen molar-refractivity contribution in [2.45, 2.75) is 45.1 Å². The van der Waals surface area contributed by atoms with Gasteiger partial charge in [0.2, 0.25) is 5.91 Å². The number of carbonyl (C=O) groups excluding carboxylic acids is 3. The summed E-state index contributed by atoms with van der Waals surface area (Å²) in [4.78, 5) is 41.2. The van der Waals surface area contributed by atoms with Crippen molar-refractivity contribution in [1.29, 1.82) is 0 Å². The lowest BCUT2D eigenvalue weighted by Gasteiger charge is -2.38. The minimum absolute atomic E-state index is 0.00775. The standard InChI is InChI=1S/C21H27FN2O4/c1-2-28-21(27)18-5-3-4-12-24(18)20(26)16-10-13-23(14-11-16)19(25)15-6-8-17(22)9-7-15/h6-9,16,18H,2-5,10-14H2,1H3. The molecule has 1 atom stereocenters. The smallest absolute Gasteiger partial charge is 0.328 e. The van der Waals surface area contributed by atoms with Gasteiger partial charge in [-0.15, -0.1) is 0 Å². The van der Waals surface area contributed by atoms with Crippen molar-refractivity contribution in [1.82, 2.24) is 9.80 Å². The summed E-state index contributed by atoms with van der Waals surface area (Å²) in [6.45, 7) is 3.61. The van der Waals surface area contributed by atoms with Gasteiger partial charge in [0.05, 0.1) is 6.61 Å². The SMILES string of the molecule is CCOC(=O)C1CCCCN1C(=O)C1CCN(C(=O)c2ccc(F)cc2)CC1. The Labute approximate surface area is 164 Å². The summed E-state index contributed by atoms with van der Waals surface area (Å²) in [5.41, 5.74) is 0.449. The zero-order valence-electron chi connectivity index (χ0n) is 16.2. The number of nitrogens with zero attached hydrogens (tertiary/aromatic N) is 2. The number of halogens is 1. The van der Waals surface area contributed by atoms with Crippen LogP contribution in [0.25, 0.3) is 0 Å². The Morgan fingerprint density at radius 3 is 2.36 bits per heavy atom. The molecule has 0 N–H and O–H groups in total. The molecule has 6 nitrogen and oxygen atoms in total. The summed E-state index contributed by atoms with van der Waals surface area (Å²) in [6.07, 6.45) is 3.59. The van der Waals surface area contributed by atoms with Crippen LogP contribution in [0.5, 0.6) is 0 Å². The number of hydrogen-bond acceptors (Lipinski definition) is 4.